The van der Waals surface area contributed by atoms with E-state index < -0.39 is 0 Å². The lowest BCUT2D eigenvalue weighted by atomic mass is 9.97. The Hall–Kier alpha value is -1.36. The lowest BCUT2D eigenvalue weighted by Crippen LogP contribution is -2.14. The fourth-order valence-electron chi connectivity index (χ4n) is 2.10. The molecular formula is C14H17BrN2O2. The predicted molar refractivity (Wildman–Crippen MR) is 78.3 cm³/mol. The van der Waals surface area contributed by atoms with Gasteiger partial charge in [-0.2, -0.15) is 0 Å². The summed E-state index contributed by atoms with van der Waals surface area (Å²) in [6.07, 6.45) is 8.80. The number of nitrogens with one attached hydrogen (secondary N) is 1. The maximum atomic E-state index is 11.9. The Morgan fingerprint density at radius 2 is 2.37 bits per heavy atom. The van der Waals surface area contributed by atoms with Crippen LogP contribution in [0.1, 0.15) is 32.1 Å². The van der Waals surface area contributed by atoms with E-state index >= 15 is 0 Å². The molecule has 0 bridgehead atoms. The van der Waals surface area contributed by atoms with Crippen molar-refractivity contribution in [1.29, 1.82) is 0 Å². The number of carbonyl (C=O) groups is 1. The van der Waals surface area contributed by atoms with Crippen LogP contribution in [-0.4, -0.2) is 18.0 Å². The van der Waals surface area contributed by atoms with Crippen molar-refractivity contribution >= 4 is 27.7 Å². The van der Waals surface area contributed by atoms with Crippen LogP contribution in [0.3, 0.4) is 0 Å². The Labute approximate surface area is 121 Å². The number of methoxy groups -OCH3 is 1. The number of hydrogen-bond acceptors (Lipinski definition) is 3. The summed E-state index contributed by atoms with van der Waals surface area (Å²) in [5, 5.41) is 2.80. The molecule has 1 aromatic heterocycles. The highest BCUT2D eigenvalue weighted by Crippen LogP contribution is 2.26. The molecule has 5 heteroatoms. The third-order valence-electron chi connectivity index (χ3n) is 3.08. The quantitative estimate of drug-likeness (QED) is 0.859. The molecule has 1 N–H and O–H groups in total. The molecule has 1 aliphatic rings. The molecule has 0 radical (unpaired) electrons. The van der Waals surface area contributed by atoms with E-state index in [2.05, 4.69) is 32.3 Å². The van der Waals surface area contributed by atoms with E-state index in [-0.39, 0.29) is 5.91 Å². The van der Waals surface area contributed by atoms with Crippen molar-refractivity contribution in [2.24, 2.45) is 0 Å². The number of ether oxygens (including phenoxy) is 1. The molecule has 19 heavy (non-hydrogen) atoms. The standard InChI is InChI=1S/C14H17BrN2O2/c1-19-12-8-13(16-9-11(12)15)17-14(18)7-10-5-3-2-4-6-10/h5,8-9H,2-4,6-7H2,1H3,(H,16,17,18). The van der Waals surface area contributed by atoms with Gasteiger partial charge in [-0.05, 0) is 41.6 Å². The lowest BCUT2D eigenvalue weighted by molar-refractivity contribution is -0.115. The number of anilines is 1. The van der Waals surface area contributed by atoms with Crippen LogP contribution in [0, 0.1) is 0 Å². The zero-order valence-electron chi connectivity index (χ0n) is 10.9. The fraction of sp³-hybridized carbons (Fsp3) is 0.429. The molecule has 1 amide bonds. The molecule has 0 unspecified atom stereocenters. The number of hydrogen-bond donors (Lipinski definition) is 1. The topological polar surface area (TPSA) is 51.2 Å². The molecule has 0 spiro atoms. The van der Waals surface area contributed by atoms with Gasteiger partial charge in [-0.3, -0.25) is 4.79 Å². The van der Waals surface area contributed by atoms with Crippen molar-refractivity contribution < 1.29 is 9.53 Å². The van der Waals surface area contributed by atoms with E-state index in [1.54, 1.807) is 19.4 Å². The van der Waals surface area contributed by atoms with Crippen LogP contribution in [-0.2, 0) is 4.79 Å². The van der Waals surface area contributed by atoms with Crippen molar-refractivity contribution in [3.63, 3.8) is 0 Å². The molecule has 0 atom stereocenters. The van der Waals surface area contributed by atoms with E-state index in [1.165, 1.54) is 18.4 Å². The third kappa shape index (κ3) is 4.06. The maximum absolute atomic E-state index is 11.9. The van der Waals surface area contributed by atoms with Crippen LogP contribution in [0.25, 0.3) is 0 Å². The van der Waals surface area contributed by atoms with Crippen LogP contribution in [0.4, 0.5) is 5.82 Å². The second-order valence-corrected chi connectivity index (χ2v) is 5.39. The van der Waals surface area contributed by atoms with E-state index in [4.69, 9.17) is 4.74 Å². The summed E-state index contributed by atoms with van der Waals surface area (Å²) < 4.78 is 5.93. The molecule has 102 valence electrons. The van der Waals surface area contributed by atoms with Gasteiger partial charge in [-0.1, -0.05) is 11.6 Å². The number of aromatic nitrogens is 1. The summed E-state index contributed by atoms with van der Waals surface area (Å²) in [6, 6.07) is 1.71. The summed E-state index contributed by atoms with van der Waals surface area (Å²) in [5.74, 6) is 1.15. The first-order valence-corrected chi connectivity index (χ1v) is 7.15. The minimum atomic E-state index is -0.0231. The number of amides is 1. The Bertz CT molecular complexity index is 500. The lowest BCUT2D eigenvalue weighted by Gasteiger charge is -2.12. The number of rotatable bonds is 4. The summed E-state index contributed by atoms with van der Waals surface area (Å²) >= 11 is 3.33. The molecule has 0 saturated heterocycles. The Morgan fingerprint density at radius 3 is 3.05 bits per heavy atom. The minimum Gasteiger partial charge on any atom is -0.495 e. The first-order chi connectivity index (χ1) is 9.19. The Kier molecular flexibility index (Phi) is 4.96. The molecule has 4 nitrogen and oxygen atoms in total. The average Bonchev–Trinajstić information content (AvgIpc) is 2.42. The van der Waals surface area contributed by atoms with Crippen molar-refractivity contribution in [2.45, 2.75) is 32.1 Å². The third-order valence-corrected chi connectivity index (χ3v) is 3.68. The number of pyridine rings is 1. The van der Waals surface area contributed by atoms with E-state index in [0.29, 0.717) is 18.0 Å². The Morgan fingerprint density at radius 1 is 1.53 bits per heavy atom. The van der Waals surface area contributed by atoms with Gasteiger partial charge in [0.25, 0.3) is 0 Å². The summed E-state index contributed by atoms with van der Waals surface area (Å²) in [7, 11) is 1.58. The molecule has 1 aliphatic carbocycles. The van der Waals surface area contributed by atoms with Crippen molar-refractivity contribution in [3.8, 4) is 5.75 Å². The SMILES string of the molecule is COc1cc(NC(=O)CC2=CCCCC2)ncc1Br. The van der Waals surface area contributed by atoms with Gasteiger partial charge >= 0.3 is 0 Å². The van der Waals surface area contributed by atoms with Crippen molar-refractivity contribution in [3.05, 3.63) is 28.4 Å². The van der Waals surface area contributed by atoms with Gasteiger partial charge in [0.1, 0.15) is 11.6 Å². The van der Waals surface area contributed by atoms with Crippen LogP contribution >= 0.6 is 15.9 Å². The second-order valence-electron chi connectivity index (χ2n) is 4.54. The van der Waals surface area contributed by atoms with Crippen molar-refractivity contribution in [2.75, 3.05) is 12.4 Å². The predicted octanol–water partition coefficient (Wildman–Crippen LogP) is 3.68. The first kappa shape index (κ1) is 14.1. The maximum Gasteiger partial charge on any atom is 0.229 e. The smallest absolute Gasteiger partial charge is 0.229 e. The highest BCUT2D eigenvalue weighted by atomic mass is 79.9. The highest BCUT2D eigenvalue weighted by molar-refractivity contribution is 9.10. The molecule has 1 heterocycles. The van der Waals surface area contributed by atoms with Gasteiger partial charge in [0.2, 0.25) is 5.91 Å². The average molecular weight is 325 g/mol. The first-order valence-electron chi connectivity index (χ1n) is 6.36. The van der Waals surface area contributed by atoms with E-state index in [1.807, 2.05) is 0 Å². The van der Waals surface area contributed by atoms with Crippen LogP contribution in [0.15, 0.2) is 28.4 Å². The monoisotopic (exact) mass is 324 g/mol. The largest absolute Gasteiger partial charge is 0.495 e. The zero-order valence-corrected chi connectivity index (χ0v) is 12.5. The zero-order chi connectivity index (χ0) is 13.7. The van der Waals surface area contributed by atoms with Gasteiger partial charge in [0.05, 0.1) is 11.6 Å². The van der Waals surface area contributed by atoms with Gasteiger partial charge in [0, 0.05) is 18.7 Å². The Balaban J connectivity index is 1.96. The fourth-order valence-corrected chi connectivity index (χ4v) is 2.48. The van der Waals surface area contributed by atoms with Crippen molar-refractivity contribution in [1.82, 2.24) is 4.98 Å². The molecule has 0 aromatic carbocycles. The minimum absolute atomic E-state index is 0.0231. The van der Waals surface area contributed by atoms with E-state index in [0.717, 1.165) is 17.3 Å². The molecule has 1 aromatic rings. The molecule has 0 saturated carbocycles. The number of allylic oxidation sites excluding steroid dienone is 1. The van der Waals surface area contributed by atoms with E-state index in [9.17, 15) is 4.79 Å². The molecule has 0 fully saturated rings. The normalized spacial score (nSPS) is 14.7. The second kappa shape index (κ2) is 6.70. The number of halogens is 1. The van der Waals surface area contributed by atoms with Crippen LogP contribution in [0.2, 0.25) is 0 Å². The van der Waals surface area contributed by atoms with Gasteiger partial charge in [-0.15, -0.1) is 0 Å². The summed E-state index contributed by atoms with van der Waals surface area (Å²) in [4.78, 5) is 16.1. The van der Waals surface area contributed by atoms with Gasteiger partial charge in [0.15, 0.2) is 0 Å². The molecule has 0 aliphatic heterocycles. The summed E-state index contributed by atoms with van der Waals surface area (Å²) in [5.41, 5.74) is 1.23. The molecular weight excluding hydrogens is 308 g/mol. The van der Waals surface area contributed by atoms with Gasteiger partial charge in [-0.25, -0.2) is 4.98 Å². The van der Waals surface area contributed by atoms with Crippen LogP contribution in [0.5, 0.6) is 5.75 Å². The van der Waals surface area contributed by atoms with Gasteiger partial charge < -0.3 is 10.1 Å². The highest BCUT2D eigenvalue weighted by Gasteiger charge is 2.11. The molecule has 2 rings (SSSR count). The number of nitrogens with zero attached hydrogens (tertiary/aromatic N) is 1. The van der Waals surface area contributed by atoms with Crippen LogP contribution < -0.4 is 10.1 Å². The number of carbonyl (C=O) groups excluding carboxylic acids is 1. The summed E-state index contributed by atoms with van der Waals surface area (Å²) in [6.45, 7) is 0.